The Bertz CT molecular complexity index is 679. The van der Waals surface area contributed by atoms with Gasteiger partial charge in [-0.25, -0.2) is 13.4 Å². The lowest BCUT2D eigenvalue weighted by Gasteiger charge is -1.95. The number of carbonyl (C=O) groups is 1. The van der Waals surface area contributed by atoms with Crippen LogP contribution in [-0.4, -0.2) is 28.9 Å². The van der Waals surface area contributed by atoms with Crippen molar-refractivity contribution in [1.29, 1.82) is 0 Å². The first-order valence-corrected chi connectivity index (χ1v) is 8.28. The van der Waals surface area contributed by atoms with Crippen LogP contribution in [0.15, 0.2) is 10.4 Å². The molecule has 7 nitrogen and oxygen atoms in total. The Hall–Kier alpha value is -1.10. The van der Waals surface area contributed by atoms with Crippen molar-refractivity contribution >= 4 is 53.6 Å². The zero-order valence-corrected chi connectivity index (χ0v) is 12.0. The molecule has 11 heteroatoms. The van der Waals surface area contributed by atoms with Crippen LogP contribution in [0, 0.1) is 6.92 Å². The number of amides is 1. The standard InChI is InChI=1S/C7H5ClN4O3S3/c1-3-6(18(8,14)15)16-7(10-3)11-5(13)4-2-9-12-17-4/h2H,1H3,(H,10,11,13). The molecule has 0 aliphatic heterocycles. The van der Waals surface area contributed by atoms with Crippen LogP contribution in [0.1, 0.15) is 15.4 Å². The Morgan fingerprint density at radius 2 is 2.22 bits per heavy atom. The number of thiazole rings is 1. The van der Waals surface area contributed by atoms with E-state index in [1.165, 1.54) is 13.1 Å². The molecule has 1 amide bonds. The quantitative estimate of drug-likeness (QED) is 0.858. The molecule has 0 aromatic carbocycles. The van der Waals surface area contributed by atoms with Gasteiger partial charge in [0.05, 0.1) is 11.9 Å². The number of anilines is 1. The van der Waals surface area contributed by atoms with Gasteiger partial charge in [0, 0.05) is 10.7 Å². The fourth-order valence-electron chi connectivity index (χ4n) is 1.09. The average Bonchev–Trinajstić information content (AvgIpc) is 2.85. The van der Waals surface area contributed by atoms with E-state index in [0.29, 0.717) is 4.88 Å². The highest BCUT2D eigenvalue weighted by atomic mass is 35.7. The molecule has 0 fully saturated rings. The van der Waals surface area contributed by atoms with E-state index in [9.17, 15) is 13.2 Å². The fourth-order valence-corrected chi connectivity index (χ4v) is 3.85. The number of halogens is 1. The molecular formula is C7H5ClN4O3S3. The summed E-state index contributed by atoms with van der Waals surface area (Å²) >= 11 is 1.72. The summed E-state index contributed by atoms with van der Waals surface area (Å²) in [6.45, 7) is 1.50. The third-order valence-corrected chi connectivity index (χ3v) is 5.70. The molecule has 18 heavy (non-hydrogen) atoms. The summed E-state index contributed by atoms with van der Waals surface area (Å²) in [5, 5.41) is 6.13. The van der Waals surface area contributed by atoms with Gasteiger partial charge in [0.2, 0.25) is 0 Å². The highest BCUT2D eigenvalue weighted by Gasteiger charge is 2.20. The highest BCUT2D eigenvalue weighted by molar-refractivity contribution is 8.15. The molecule has 0 aliphatic carbocycles. The predicted octanol–water partition coefficient (Wildman–Crippen LogP) is 1.48. The van der Waals surface area contributed by atoms with E-state index in [-0.39, 0.29) is 15.0 Å². The van der Waals surface area contributed by atoms with Gasteiger partial charge >= 0.3 is 0 Å². The van der Waals surface area contributed by atoms with E-state index < -0.39 is 15.0 Å². The molecule has 2 rings (SSSR count). The Morgan fingerprint density at radius 3 is 2.72 bits per heavy atom. The maximum absolute atomic E-state index is 11.6. The second kappa shape index (κ2) is 4.88. The summed E-state index contributed by atoms with van der Waals surface area (Å²) in [5.41, 5.74) is 0.243. The molecule has 0 saturated heterocycles. The number of hydrogen-bond donors (Lipinski definition) is 1. The molecule has 0 spiro atoms. The SMILES string of the molecule is Cc1nc(NC(=O)c2cnns2)sc1S(=O)(=O)Cl. The van der Waals surface area contributed by atoms with Crippen LogP contribution in [0.5, 0.6) is 0 Å². The minimum atomic E-state index is -3.85. The van der Waals surface area contributed by atoms with Crippen LogP contribution in [0.4, 0.5) is 5.13 Å². The van der Waals surface area contributed by atoms with E-state index >= 15 is 0 Å². The summed E-state index contributed by atoms with van der Waals surface area (Å²) in [4.78, 5) is 15.9. The van der Waals surface area contributed by atoms with Crippen molar-refractivity contribution in [3.8, 4) is 0 Å². The van der Waals surface area contributed by atoms with Gasteiger partial charge in [-0.2, -0.15) is 0 Å². The van der Waals surface area contributed by atoms with E-state index in [1.807, 2.05) is 0 Å². The molecular weight excluding hydrogens is 320 g/mol. The molecule has 2 aromatic heterocycles. The third-order valence-electron chi connectivity index (χ3n) is 1.78. The van der Waals surface area contributed by atoms with Crippen molar-refractivity contribution < 1.29 is 13.2 Å². The summed E-state index contributed by atoms with van der Waals surface area (Å²) in [6.07, 6.45) is 1.31. The lowest BCUT2D eigenvalue weighted by atomic mass is 10.5. The Balaban J connectivity index is 2.24. The van der Waals surface area contributed by atoms with Crippen LogP contribution >= 0.6 is 33.6 Å². The van der Waals surface area contributed by atoms with Crippen molar-refractivity contribution in [3.63, 3.8) is 0 Å². The van der Waals surface area contributed by atoms with Crippen molar-refractivity contribution in [2.75, 3.05) is 5.32 Å². The molecule has 0 radical (unpaired) electrons. The van der Waals surface area contributed by atoms with Crippen LogP contribution in [0.3, 0.4) is 0 Å². The fraction of sp³-hybridized carbons (Fsp3) is 0.143. The van der Waals surface area contributed by atoms with Crippen LogP contribution in [0.25, 0.3) is 0 Å². The molecule has 0 atom stereocenters. The largest absolute Gasteiger partial charge is 0.297 e. The van der Waals surface area contributed by atoms with Crippen molar-refractivity contribution in [2.24, 2.45) is 0 Å². The number of hydrogen-bond acceptors (Lipinski definition) is 8. The maximum Gasteiger partial charge on any atom is 0.272 e. The Morgan fingerprint density at radius 1 is 1.50 bits per heavy atom. The van der Waals surface area contributed by atoms with Gasteiger partial charge in [0.1, 0.15) is 4.88 Å². The molecule has 96 valence electrons. The van der Waals surface area contributed by atoms with E-state index in [2.05, 4.69) is 19.9 Å². The molecule has 0 aliphatic rings. The monoisotopic (exact) mass is 324 g/mol. The highest BCUT2D eigenvalue weighted by Crippen LogP contribution is 2.29. The van der Waals surface area contributed by atoms with Gasteiger partial charge in [-0.1, -0.05) is 15.8 Å². The van der Waals surface area contributed by atoms with Gasteiger partial charge < -0.3 is 0 Å². The van der Waals surface area contributed by atoms with E-state index in [0.717, 1.165) is 22.9 Å². The second-order valence-electron chi connectivity index (χ2n) is 3.07. The van der Waals surface area contributed by atoms with Crippen molar-refractivity contribution in [2.45, 2.75) is 11.1 Å². The van der Waals surface area contributed by atoms with Gasteiger partial charge in [0.25, 0.3) is 15.0 Å². The summed E-state index contributed by atoms with van der Waals surface area (Å²) in [5.74, 6) is -0.447. The number of aryl methyl sites for hydroxylation is 1. The van der Waals surface area contributed by atoms with Gasteiger partial charge in [-0.15, -0.1) is 5.10 Å². The molecule has 0 unspecified atom stereocenters. The lowest BCUT2D eigenvalue weighted by Crippen LogP contribution is -2.09. The number of nitrogens with zero attached hydrogens (tertiary/aromatic N) is 3. The third kappa shape index (κ3) is 2.83. The van der Waals surface area contributed by atoms with Crippen LogP contribution in [-0.2, 0) is 9.05 Å². The zero-order valence-electron chi connectivity index (χ0n) is 8.75. The maximum atomic E-state index is 11.6. The van der Waals surface area contributed by atoms with Crippen molar-refractivity contribution in [3.05, 3.63) is 16.8 Å². The van der Waals surface area contributed by atoms with Gasteiger partial charge in [0.15, 0.2) is 9.34 Å². The topological polar surface area (TPSA) is 102 Å². The number of aromatic nitrogens is 3. The summed E-state index contributed by atoms with van der Waals surface area (Å²) in [6, 6.07) is 0. The van der Waals surface area contributed by atoms with Gasteiger partial charge in [-0.05, 0) is 18.5 Å². The number of rotatable bonds is 3. The average molecular weight is 325 g/mol. The lowest BCUT2D eigenvalue weighted by molar-refractivity contribution is 0.103. The normalized spacial score (nSPS) is 11.4. The first kappa shape index (κ1) is 13.3. The Kier molecular flexibility index (Phi) is 3.61. The van der Waals surface area contributed by atoms with Crippen LogP contribution < -0.4 is 5.32 Å². The predicted molar refractivity (Wildman–Crippen MR) is 67.8 cm³/mol. The molecule has 1 N–H and O–H groups in total. The molecule has 0 saturated carbocycles. The smallest absolute Gasteiger partial charge is 0.272 e. The molecule has 2 heterocycles. The second-order valence-corrected chi connectivity index (χ2v) is 7.61. The van der Waals surface area contributed by atoms with E-state index in [4.69, 9.17) is 10.7 Å². The molecule has 0 bridgehead atoms. The first-order chi connectivity index (χ1) is 8.38. The van der Waals surface area contributed by atoms with Crippen molar-refractivity contribution in [1.82, 2.24) is 14.6 Å². The summed E-state index contributed by atoms with van der Waals surface area (Å²) in [7, 11) is 1.38. The van der Waals surface area contributed by atoms with Gasteiger partial charge in [-0.3, -0.25) is 10.1 Å². The molecule has 2 aromatic rings. The van der Waals surface area contributed by atoms with Crippen LogP contribution in [0.2, 0.25) is 0 Å². The zero-order chi connectivity index (χ0) is 13.3. The minimum Gasteiger partial charge on any atom is -0.297 e. The first-order valence-electron chi connectivity index (χ1n) is 4.38. The number of carbonyl (C=O) groups excluding carboxylic acids is 1. The number of nitrogens with one attached hydrogen (secondary N) is 1. The Labute approximate surface area is 114 Å². The summed E-state index contributed by atoms with van der Waals surface area (Å²) < 4.78 is 25.8. The minimum absolute atomic E-state index is 0.0816. The van der Waals surface area contributed by atoms with E-state index in [1.54, 1.807) is 0 Å².